The molecule has 0 bridgehead atoms. The van der Waals surface area contributed by atoms with Crippen LogP contribution in [0.25, 0.3) is 20.8 Å². The molecule has 2 saturated heterocycles. The summed E-state index contributed by atoms with van der Waals surface area (Å²) < 4.78 is 22.2. The smallest absolute Gasteiger partial charge is 0.411 e. The minimum atomic E-state index is -0.821. The van der Waals surface area contributed by atoms with Gasteiger partial charge in [0.1, 0.15) is 29.3 Å². The van der Waals surface area contributed by atoms with Crippen LogP contribution in [0.1, 0.15) is 72.7 Å². The molecule has 0 radical (unpaired) electrons. The van der Waals surface area contributed by atoms with Gasteiger partial charge in [-0.15, -0.1) is 11.3 Å². The molecule has 0 aliphatic carbocycles. The molecule has 14 heteroatoms. The fourth-order valence-electron chi connectivity index (χ4n) is 6.24. The first-order valence-corrected chi connectivity index (χ1v) is 18.6. The van der Waals surface area contributed by atoms with E-state index >= 15 is 0 Å². The highest BCUT2D eigenvalue weighted by molar-refractivity contribution is 7.21. The summed E-state index contributed by atoms with van der Waals surface area (Å²) in [6.07, 6.45) is 0.903. The van der Waals surface area contributed by atoms with Crippen molar-refractivity contribution >= 4 is 57.2 Å². The summed E-state index contributed by atoms with van der Waals surface area (Å²) in [6.45, 7) is 5.12. The number of ketones is 2. The van der Waals surface area contributed by atoms with Crippen LogP contribution in [0.2, 0.25) is 0 Å². The number of carbonyl (C=O) groups is 6. The lowest BCUT2D eigenvalue weighted by molar-refractivity contribution is -0.148. The Bertz CT molecular complexity index is 2040. The monoisotopic (exact) mass is 755 g/mol. The molecule has 0 unspecified atom stereocenters. The maximum atomic E-state index is 13.0. The van der Waals surface area contributed by atoms with Gasteiger partial charge in [-0.25, -0.2) is 24.2 Å². The molecule has 3 heterocycles. The number of likely N-dealkylation sites (tertiary alicyclic amines) is 2. The van der Waals surface area contributed by atoms with Gasteiger partial charge in [0.2, 0.25) is 0 Å². The first-order chi connectivity index (χ1) is 25.9. The molecule has 13 nitrogen and oxygen atoms in total. The second-order valence-electron chi connectivity index (χ2n) is 14.1. The number of aromatic nitrogens is 1. The van der Waals surface area contributed by atoms with Crippen LogP contribution in [0.4, 0.5) is 9.59 Å². The molecule has 2 fully saturated rings. The normalized spacial score (nSPS) is 16.9. The SMILES string of the molecule is CC(C)(C)OC(=O)N1CCC[C@@H]1C(=O)OCC(=O)c1ccc(-c2nc3ccc(C(=O)COC(=O)[C@@H]4CCCN4C(=O)OCc4ccccc4)cc3s2)cc1. The third-order valence-electron chi connectivity index (χ3n) is 8.97. The molecule has 2 amide bonds. The number of benzene rings is 3. The first kappa shape index (κ1) is 38.1. The molecule has 54 heavy (non-hydrogen) atoms. The van der Waals surface area contributed by atoms with Gasteiger partial charge in [0.05, 0.1) is 10.2 Å². The molecule has 2 aliphatic heterocycles. The maximum Gasteiger partial charge on any atom is 0.411 e. The molecule has 1 aromatic heterocycles. The van der Waals surface area contributed by atoms with Crippen LogP contribution >= 0.6 is 11.3 Å². The minimum Gasteiger partial charge on any atom is -0.456 e. The number of hydrogen-bond acceptors (Lipinski definition) is 12. The van der Waals surface area contributed by atoms with E-state index in [-0.39, 0.29) is 6.61 Å². The molecule has 0 spiro atoms. The number of ether oxygens (including phenoxy) is 4. The van der Waals surface area contributed by atoms with Crippen molar-refractivity contribution in [1.82, 2.24) is 14.8 Å². The number of nitrogens with zero attached hydrogens (tertiary/aromatic N) is 3. The Morgan fingerprint density at radius 2 is 1.30 bits per heavy atom. The van der Waals surface area contributed by atoms with E-state index in [0.717, 1.165) is 15.8 Å². The van der Waals surface area contributed by atoms with Crippen LogP contribution in [0.3, 0.4) is 0 Å². The predicted molar refractivity (Wildman–Crippen MR) is 198 cm³/mol. The first-order valence-electron chi connectivity index (χ1n) is 17.7. The van der Waals surface area contributed by atoms with Crippen molar-refractivity contribution < 1.29 is 47.7 Å². The van der Waals surface area contributed by atoms with Gasteiger partial charge in [0.25, 0.3) is 0 Å². The van der Waals surface area contributed by atoms with Gasteiger partial charge in [-0.1, -0.05) is 54.6 Å². The van der Waals surface area contributed by atoms with Gasteiger partial charge in [0.15, 0.2) is 24.8 Å². The number of Topliss-reactive ketones (excluding diaryl/α,β-unsaturated/α-hetero) is 2. The molecule has 282 valence electrons. The van der Waals surface area contributed by atoms with Crippen molar-refractivity contribution in [2.45, 2.75) is 70.7 Å². The number of thiazole rings is 1. The summed E-state index contributed by atoms with van der Waals surface area (Å²) in [7, 11) is 0. The molecular formula is C40H41N3O10S. The second kappa shape index (κ2) is 16.6. The molecule has 3 aromatic carbocycles. The Kier molecular flexibility index (Phi) is 11.7. The predicted octanol–water partition coefficient (Wildman–Crippen LogP) is 6.62. The summed E-state index contributed by atoms with van der Waals surface area (Å²) >= 11 is 1.36. The Morgan fingerprint density at radius 3 is 1.91 bits per heavy atom. The highest BCUT2D eigenvalue weighted by Crippen LogP contribution is 2.31. The van der Waals surface area contributed by atoms with Crippen LogP contribution in [0, 0.1) is 0 Å². The van der Waals surface area contributed by atoms with E-state index in [1.54, 1.807) is 63.2 Å². The van der Waals surface area contributed by atoms with Crippen molar-refractivity contribution in [2.24, 2.45) is 0 Å². The van der Waals surface area contributed by atoms with Crippen molar-refractivity contribution in [1.29, 1.82) is 0 Å². The number of fused-ring (bicyclic) bond motifs is 1. The average Bonchev–Trinajstić information content (AvgIpc) is 3.95. The fraction of sp³-hybridized carbons (Fsp3) is 0.375. The maximum absolute atomic E-state index is 13.0. The fourth-order valence-corrected chi connectivity index (χ4v) is 7.25. The molecule has 2 aliphatic rings. The zero-order valence-corrected chi connectivity index (χ0v) is 31.1. The summed E-state index contributed by atoms with van der Waals surface area (Å²) in [4.78, 5) is 84.2. The number of amides is 2. The van der Waals surface area contributed by atoms with Gasteiger partial charge in [-0.3, -0.25) is 19.4 Å². The van der Waals surface area contributed by atoms with Crippen LogP contribution in [0.5, 0.6) is 0 Å². The van der Waals surface area contributed by atoms with Crippen molar-refractivity contribution in [2.75, 3.05) is 26.3 Å². The van der Waals surface area contributed by atoms with Crippen molar-refractivity contribution in [3.05, 3.63) is 89.5 Å². The molecule has 6 rings (SSSR count). The number of hydrogen-bond donors (Lipinski definition) is 0. The lowest BCUT2D eigenvalue weighted by Crippen LogP contribution is -2.44. The number of rotatable bonds is 11. The van der Waals surface area contributed by atoms with E-state index < -0.39 is 66.6 Å². The highest BCUT2D eigenvalue weighted by Gasteiger charge is 2.38. The van der Waals surface area contributed by atoms with Gasteiger partial charge in [-0.05, 0) is 70.2 Å². The quantitative estimate of drug-likeness (QED) is 0.0921. The topological polar surface area (TPSA) is 159 Å². The standard InChI is InChI=1S/C40H41N3O10S/c1-40(2,3)53-39(49)43-20-8-12-31(43)37(47)50-23-32(44)26-13-15-27(16-14-26)35-41-29-18-17-28(21-34(29)54-35)33(45)24-51-36(46)30-11-7-19-42(30)38(48)52-22-25-9-5-4-6-10-25/h4-6,9-10,13-18,21,30-31H,7-8,11-12,19-20,22-24H2,1-3H3/t30-,31+/m0/s1. The second-order valence-corrected chi connectivity index (χ2v) is 15.1. The third-order valence-corrected chi connectivity index (χ3v) is 10.0. The van der Waals surface area contributed by atoms with Crippen LogP contribution in [-0.2, 0) is 35.1 Å². The number of carbonyl (C=O) groups excluding carboxylic acids is 6. The Labute approximate surface area is 316 Å². The van der Waals surface area contributed by atoms with Gasteiger partial charge in [0, 0.05) is 29.8 Å². The summed E-state index contributed by atoms with van der Waals surface area (Å²) in [6, 6.07) is 19.4. The van der Waals surface area contributed by atoms with Gasteiger partial charge >= 0.3 is 24.1 Å². The Morgan fingerprint density at radius 1 is 0.722 bits per heavy atom. The molecule has 4 aromatic rings. The number of esters is 2. The largest absolute Gasteiger partial charge is 0.456 e. The zero-order chi connectivity index (χ0) is 38.4. The molecule has 0 saturated carbocycles. The van der Waals surface area contributed by atoms with Crippen LogP contribution < -0.4 is 0 Å². The Hall–Kier alpha value is -5.63. The van der Waals surface area contributed by atoms with E-state index in [0.29, 0.717) is 60.4 Å². The molecular weight excluding hydrogens is 715 g/mol. The van der Waals surface area contributed by atoms with Crippen LogP contribution in [-0.4, -0.2) is 94.5 Å². The minimum absolute atomic E-state index is 0.0855. The van der Waals surface area contributed by atoms with Crippen molar-refractivity contribution in [3.8, 4) is 10.6 Å². The highest BCUT2D eigenvalue weighted by atomic mass is 32.1. The lowest BCUT2D eigenvalue weighted by Gasteiger charge is -2.27. The molecule has 2 atom stereocenters. The lowest BCUT2D eigenvalue weighted by atomic mass is 10.1. The zero-order valence-electron chi connectivity index (χ0n) is 30.3. The van der Waals surface area contributed by atoms with E-state index in [9.17, 15) is 28.8 Å². The Balaban J connectivity index is 1.000. The van der Waals surface area contributed by atoms with Gasteiger partial charge < -0.3 is 18.9 Å². The molecule has 0 N–H and O–H groups in total. The van der Waals surface area contributed by atoms with E-state index in [2.05, 4.69) is 4.98 Å². The third kappa shape index (κ3) is 9.29. The van der Waals surface area contributed by atoms with E-state index in [1.165, 1.54) is 21.1 Å². The van der Waals surface area contributed by atoms with E-state index in [1.807, 2.05) is 30.3 Å². The van der Waals surface area contributed by atoms with Crippen LogP contribution in [0.15, 0.2) is 72.8 Å². The summed E-state index contributed by atoms with van der Waals surface area (Å²) in [5.74, 6) is -2.10. The summed E-state index contributed by atoms with van der Waals surface area (Å²) in [5.41, 5.74) is 2.23. The van der Waals surface area contributed by atoms with Crippen molar-refractivity contribution in [3.63, 3.8) is 0 Å². The summed E-state index contributed by atoms with van der Waals surface area (Å²) in [5, 5.41) is 0.662. The average molecular weight is 756 g/mol. The van der Waals surface area contributed by atoms with E-state index in [4.69, 9.17) is 18.9 Å². The van der Waals surface area contributed by atoms with Gasteiger partial charge in [-0.2, -0.15) is 0 Å².